The highest BCUT2D eigenvalue weighted by Gasteiger charge is 2.22. The van der Waals surface area contributed by atoms with Gasteiger partial charge in [0.2, 0.25) is 0 Å². The number of hydrogen-bond donors (Lipinski definition) is 0. The number of rotatable bonds is 0. The van der Waals surface area contributed by atoms with Gasteiger partial charge in [-0.15, -0.1) is 0 Å². The molecule has 0 fully saturated rings. The number of hydrogen-bond acceptors (Lipinski definition) is 0. The van der Waals surface area contributed by atoms with Crippen LogP contribution in [0.25, 0.3) is 11.3 Å². The molecule has 0 radical (unpaired) electrons. The number of aromatic nitrogens is 1. The molecule has 0 atom stereocenters. The van der Waals surface area contributed by atoms with Crippen LogP contribution in [0.4, 0.5) is 0 Å². The van der Waals surface area contributed by atoms with E-state index in [0.717, 1.165) is 0 Å². The van der Waals surface area contributed by atoms with E-state index >= 15 is 0 Å². The lowest BCUT2D eigenvalue weighted by molar-refractivity contribution is 0.599. The molecule has 0 amide bonds. The van der Waals surface area contributed by atoms with Crippen molar-refractivity contribution < 1.29 is 0 Å². The van der Waals surface area contributed by atoms with Crippen molar-refractivity contribution in [2.45, 2.75) is 38.6 Å². The lowest BCUT2D eigenvalue weighted by Gasteiger charge is -2.22. The molecule has 1 aliphatic heterocycles. The summed E-state index contributed by atoms with van der Waals surface area (Å²) in [5.74, 6) is 0. The van der Waals surface area contributed by atoms with Crippen LogP contribution in [0.15, 0.2) is 30.3 Å². The van der Waals surface area contributed by atoms with Gasteiger partial charge in [0.1, 0.15) is 0 Å². The molecule has 2 heterocycles. The Morgan fingerprint density at radius 3 is 2.76 bits per heavy atom. The van der Waals surface area contributed by atoms with Crippen molar-refractivity contribution in [1.29, 1.82) is 0 Å². The number of nitrogens with zero attached hydrogens (tertiary/aromatic N) is 1. The molecule has 86 valence electrons. The molecule has 2 aromatic rings. The predicted octanol–water partition coefficient (Wildman–Crippen LogP) is 3.59. The van der Waals surface area contributed by atoms with E-state index in [9.17, 15) is 0 Å². The smallest absolute Gasteiger partial charge is 0.0488 e. The summed E-state index contributed by atoms with van der Waals surface area (Å²) in [5.41, 5.74) is 7.70. The fraction of sp³-hybridized carbons (Fsp3) is 0.375. The summed E-state index contributed by atoms with van der Waals surface area (Å²) in [5, 5.41) is 0. The third kappa shape index (κ3) is 1.32. The average Bonchev–Trinajstić information content (AvgIpc) is 2.78. The Morgan fingerprint density at radius 2 is 1.76 bits per heavy atom. The zero-order valence-corrected chi connectivity index (χ0v) is 10.1. The van der Waals surface area contributed by atoms with Crippen molar-refractivity contribution in [3.8, 4) is 11.3 Å². The van der Waals surface area contributed by atoms with E-state index in [1.165, 1.54) is 55.5 Å². The molecule has 1 heteroatoms. The maximum Gasteiger partial charge on any atom is 0.0488 e. The van der Waals surface area contributed by atoms with E-state index < -0.39 is 0 Å². The first-order valence-electron chi connectivity index (χ1n) is 6.73. The minimum absolute atomic E-state index is 1.18. The summed E-state index contributed by atoms with van der Waals surface area (Å²) in [6.45, 7) is 1.18. The first-order valence-corrected chi connectivity index (χ1v) is 6.73. The summed E-state index contributed by atoms with van der Waals surface area (Å²) < 4.78 is 2.58. The van der Waals surface area contributed by atoms with E-state index in [1.807, 2.05) is 0 Å². The van der Waals surface area contributed by atoms with Gasteiger partial charge in [-0.2, -0.15) is 0 Å². The van der Waals surface area contributed by atoms with Gasteiger partial charge >= 0.3 is 0 Å². The van der Waals surface area contributed by atoms with Crippen LogP contribution < -0.4 is 0 Å². The van der Waals surface area contributed by atoms with Gasteiger partial charge in [0.15, 0.2) is 0 Å². The molecule has 0 spiro atoms. The van der Waals surface area contributed by atoms with Crippen LogP contribution in [0.3, 0.4) is 0 Å². The molecule has 0 N–H and O–H groups in total. The van der Waals surface area contributed by atoms with Crippen molar-refractivity contribution in [3.63, 3.8) is 0 Å². The molecule has 4 rings (SSSR count). The topological polar surface area (TPSA) is 4.93 Å². The van der Waals surface area contributed by atoms with Gasteiger partial charge in [0, 0.05) is 23.5 Å². The molecule has 1 aliphatic carbocycles. The number of benzene rings is 1. The second-order valence-electron chi connectivity index (χ2n) is 5.27. The van der Waals surface area contributed by atoms with Crippen LogP contribution in [0.1, 0.15) is 29.7 Å². The zero-order chi connectivity index (χ0) is 11.2. The monoisotopic (exact) mass is 223 g/mol. The molecule has 0 saturated heterocycles. The molecular weight excluding hydrogens is 206 g/mol. The fourth-order valence-electron chi connectivity index (χ4n) is 3.46. The Balaban J connectivity index is 1.96. The number of aryl methyl sites for hydroxylation is 2. The van der Waals surface area contributed by atoms with E-state index in [-0.39, 0.29) is 0 Å². The lowest BCUT2D eigenvalue weighted by Crippen LogP contribution is -2.14. The van der Waals surface area contributed by atoms with Crippen molar-refractivity contribution in [1.82, 2.24) is 4.57 Å². The SMILES string of the molecule is c1ccc2c(c1)CCn1c-2cc2c1CCCC2. The third-order valence-electron chi connectivity index (χ3n) is 4.31. The quantitative estimate of drug-likeness (QED) is 0.643. The van der Waals surface area contributed by atoms with E-state index in [0.29, 0.717) is 0 Å². The standard InChI is InChI=1S/C16H17N/c1-3-7-14-12(5-1)9-10-17-15-8-4-2-6-13(15)11-16(14)17/h1,3,5,7,11H,2,4,6,8-10H2. The molecule has 1 aromatic carbocycles. The van der Waals surface area contributed by atoms with Crippen LogP contribution >= 0.6 is 0 Å². The van der Waals surface area contributed by atoms with Gasteiger partial charge in [0.05, 0.1) is 0 Å². The minimum Gasteiger partial charge on any atom is -0.344 e. The van der Waals surface area contributed by atoms with E-state index in [2.05, 4.69) is 34.9 Å². The first-order chi connectivity index (χ1) is 8.43. The summed E-state index contributed by atoms with van der Waals surface area (Å²) in [6.07, 6.45) is 6.52. The van der Waals surface area contributed by atoms with Crippen LogP contribution in [0.5, 0.6) is 0 Å². The van der Waals surface area contributed by atoms with Gasteiger partial charge < -0.3 is 4.57 Å². The van der Waals surface area contributed by atoms with E-state index in [1.54, 1.807) is 11.3 Å². The first kappa shape index (κ1) is 9.52. The van der Waals surface area contributed by atoms with Gasteiger partial charge in [-0.1, -0.05) is 24.3 Å². The Hall–Kier alpha value is -1.50. The zero-order valence-electron chi connectivity index (χ0n) is 10.1. The van der Waals surface area contributed by atoms with Crippen LogP contribution in [-0.2, 0) is 25.8 Å². The molecule has 1 aromatic heterocycles. The van der Waals surface area contributed by atoms with Crippen molar-refractivity contribution in [2.24, 2.45) is 0 Å². The molecule has 17 heavy (non-hydrogen) atoms. The minimum atomic E-state index is 1.18. The highest BCUT2D eigenvalue weighted by molar-refractivity contribution is 5.68. The molecule has 2 aliphatic rings. The van der Waals surface area contributed by atoms with Gasteiger partial charge in [-0.3, -0.25) is 0 Å². The van der Waals surface area contributed by atoms with Crippen molar-refractivity contribution in [3.05, 3.63) is 47.2 Å². The Labute approximate surface area is 102 Å². The highest BCUT2D eigenvalue weighted by Crippen LogP contribution is 2.35. The van der Waals surface area contributed by atoms with Crippen LogP contribution in [0, 0.1) is 0 Å². The maximum absolute atomic E-state index is 2.58. The Kier molecular flexibility index (Phi) is 1.96. The second-order valence-corrected chi connectivity index (χ2v) is 5.27. The predicted molar refractivity (Wildman–Crippen MR) is 70.2 cm³/mol. The van der Waals surface area contributed by atoms with Crippen LogP contribution in [0.2, 0.25) is 0 Å². The average molecular weight is 223 g/mol. The second kappa shape index (κ2) is 3.49. The van der Waals surface area contributed by atoms with Crippen LogP contribution in [-0.4, -0.2) is 4.57 Å². The van der Waals surface area contributed by atoms with Crippen molar-refractivity contribution >= 4 is 0 Å². The summed E-state index contributed by atoms with van der Waals surface area (Å²) in [4.78, 5) is 0. The molecule has 0 saturated carbocycles. The third-order valence-corrected chi connectivity index (χ3v) is 4.31. The molecule has 0 unspecified atom stereocenters. The van der Waals surface area contributed by atoms with E-state index in [4.69, 9.17) is 0 Å². The fourth-order valence-corrected chi connectivity index (χ4v) is 3.46. The Bertz CT molecular complexity index is 577. The summed E-state index contributed by atoms with van der Waals surface area (Å²) >= 11 is 0. The van der Waals surface area contributed by atoms with Gasteiger partial charge in [-0.25, -0.2) is 0 Å². The van der Waals surface area contributed by atoms with Crippen molar-refractivity contribution in [2.75, 3.05) is 0 Å². The Morgan fingerprint density at radius 1 is 0.882 bits per heavy atom. The van der Waals surface area contributed by atoms with Gasteiger partial charge in [0.25, 0.3) is 0 Å². The largest absolute Gasteiger partial charge is 0.344 e. The lowest BCUT2D eigenvalue weighted by atomic mass is 9.98. The maximum atomic E-state index is 2.58. The number of fused-ring (bicyclic) bond motifs is 5. The molecular formula is C16H17N. The molecule has 1 nitrogen and oxygen atoms in total. The summed E-state index contributed by atoms with van der Waals surface area (Å²) in [7, 11) is 0. The normalized spacial score (nSPS) is 17.2. The highest BCUT2D eigenvalue weighted by atomic mass is 15.0. The summed E-state index contributed by atoms with van der Waals surface area (Å²) in [6, 6.07) is 11.3. The van der Waals surface area contributed by atoms with Gasteiger partial charge in [-0.05, 0) is 49.3 Å². The molecule has 0 bridgehead atoms.